The zero-order chi connectivity index (χ0) is 20.2. The van der Waals surface area contributed by atoms with E-state index in [2.05, 4.69) is 21.1 Å². The number of fused-ring (bicyclic) bond motifs is 1. The summed E-state index contributed by atoms with van der Waals surface area (Å²) >= 11 is 0. The molecule has 1 saturated heterocycles. The van der Waals surface area contributed by atoms with Crippen LogP contribution in [0.1, 0.15) is 38.2 Å². The summed E-state index contributed by atoms with van der Waals surface area (Å²) in [6.07, 6.45) is 8.92. The van der Waals surface area contributed by atoms with E-state index in [0.717, 1.165) is 35.6 Å². The molecule has 4 rings (SSSR count). The monoisotopic (exact) mass is 391 g/mol. The van der Waals surface area contributed by atoms with Gasteiger partial charge in [-0.15, -0.1) is 0 Å². The van der Waals surface area contributed by atoms with Gasteiger partial charge in [-0.2, -0.15) is 10.4 Å². The molecule has 29 heavy (non-hydrogen) atoms. The van der Waals surface area contributed by atoms with Gasteiger partial charge in [-0.05, 0) is 43.9 Å². The van der Waals surface area contributed by atoms with Crippen LogP contribution < -0.4 is 9.64 Å². The molecule has 0 aromatic carbocycles. The van der Waals surface area contributed by atoms with Crippen molar-refractivity contribution in [1.29, 1.82) is 5.26 Å². The van der Waals surface area contributed by atoms with Crippen LogP contribution in [-0.2, 0) is 0 Å². The topological polar surface area (TPSA) is 86.7 Å². The van der Waals surface area contributed by atoms with E-state index >= 15 is 0 Å². The second kappa shape index (κ2) is 8.50. The molecule has 1 aliphatic heterocycles. The number of ether oxygens (including phenoxy) is 1. The minimum Gasteiger partial charge on any atom is -0.489 e. The van der Waals surface area contributed by atoms with E-state index in [1.54, 1.807) is 16.9 Å². The maximum atomic E-state index is 9.81. The second-order valence-corrected chi connectivity index (χ2v) is 7.38. The van der Waals surface area contributed by atoms with Crippen molar-refractivity contribution in [3.63, 3.8) is 0 Å². The first-order chi connectivity index (χ1) is 14.2. The van der Waals surface area contributed by atoms with Crippen LogP contribution in [0, 0.1) is 11.3 Å². The molecule has 0 saturated carbocycles. The van der Waals surface area contributed by atoms with Crippen molar-refractivity contribution in [3.05, 3.63) is 42.4 Å². The van der Waals surface area contributed by atoms with Crippen LogP contribution in [0.15, 0.2) is 36.8 Å². The molecular weight excluding hydrogens is 366 g/mol. The van der Waals surface area contributed by atoms with E-state index in [9.17, 15) is 10.4 Å². The lowest BCUT2D eigenvalue weighted by molar-refractivity contribution is 0.104. The lowest BCUT2D eigenvalue weighted by Gasteiger charge is -2.27. The van der Waals surface area contributed by atoms with Crippen molar-refractivity contribution in [2.45, 2.75) is 38.7 Å². The number of piperidine rings is 1. The third kappa shape index (κ3) is 4.03. The number of nitrogens with zero attached hydrogens (tertiary/aromatic N) is 5. The third-order valence-electron chi connectivity index (χ3n) is 5.36. The molecule has 0 spiro atoms. The standard InChI is InChI=1S/C22H25N5O2/c1-2-18(28)15-29-19-10-20(22-17(11-23)13-25-27(22)14-19)16-6-7-21(24-12-16)26-8-4-3-5-9-26/h6-7,10,12-14,18,28H,2-5,8-9,15H2,1H3/t18-/m0/s1. The Labute approximate surface area is 170 Å². The van der Waals surface area contributed by atoms with Crippen molar-refractivity contribution < 1.29 is 9.84 Å². The second-order valence-electron chi connectivity index (χ2n) is 7.38. The van der Waals surface area contributed by atoms with Crippen LogP contribution in [0.25, 0.3) is 16.6 Å². The Balaban J connectivity index is 1.70. The zero-order valence-electron chi connectivity index (χ0n) is 16.6. The van der Waals surface area contributed by atoms with Crippen LogP contribution in [0.3, 0.4) is 0 Å². The molecule has 7 heteroatoms. The lowest BCUT2D eigenvalue weighted by Crippen LogP contribution is -2.29. The molecular formula is C22H25N5O2. The van der Waals surface area contributed by atoms with Crippen LogP contribution >= 0.6 is 0 Å². The Kier molecular flexibility index (Phi) is 5.63. The van der Waals surface area contributed by atoms with Gasteiger partial charge >= 0.3 is 0 Å². The number of aromatic nitrogens is 3. The Hall–Kier alpha value is -3.11. The van der Waals surface area contributed by atoms with Gasteiger partial charge in [0, 0.05) is 30.4 Å². The number of pyridine rings is 2. The Bertz CT molecular complexity index is 1020. The highest BCUT2D eigenvalue weighted by atomic mass is 16.5. The van der Waals surface area contributed by atoms with Gasteiger partial charge < -0.3 is 14.7 Å². The predicted molar refractivity (Wildman–Crippen MR) is 111 cm³/mol. The van der Waals surface area contributed by atoms with Gasteiger partial charge in [-0.1, -0.05) is 6.92 Å². The first kappa shape index (κ1) is 19.2. The van der Waals surface area contributed by atoms with Crippen LogP contribution in [0.4, 0.5) is 5.82 Å². The summed E-state index contributed by atoms with van der Waals surface area (Å²) < 4.78 is 7.42. The molecule has 150 valence electrons. The number of aliphatic hydroxyl groups is 1. The number of hydrogen-bond acceptors (Lipinski definition) is 6. The highest BCUT2D eigenvalue weighted by Crippen LogP contribution is 2.31. The summed E-state index contributed by atoms with van der Waals surface area (Å²) in [4.78, 5) is 6.99. The lowest BCUT2D eigenvalue weighted by atomic mass is 10.0. The molecule has 7 nitrogen and oxygen atoms in total. The van der Waals surface area contributed by atoms with E-state index in [1.807, 2.05) is 31.3 Å². The fourth-order valence-electron chi connectivity index (χ4n) is 3.64. The molecule has 1 atom stereocenters. The van der Waals surface area contributed by atoms with Crippen molar-refractivity contribution in [2.24, 2.45) is 0 Å². The fraction of sp³-hybridized carbons (Fsp3) is 0.409. The highest BCUT2D eigenvalue weighted by Gasteiger charge is 2.16. The first-order valence-electron chi connectivity index (χ1n) is 10.1. The van der Waals surface area contributed by atoms with E-state index in [0.29, 0.717) is 17.7 Å². The van der Waals surface area contributed by atoms with E-state index < -0.39 is 6.10 Å². The maximum absolute atomic E-state index is 9.81. The Morgan fingerprint density at radius 1 is 1.24 bits per heavy atom. The molecule has 0 radical (unpaired) electrons. The Morgan fingerprint density at radius 3 is 2.76 bits per heavy atom. The normalized spacial score (nSPS) is 15.3. The highest BCUT2D eigenvalue weighted by molar-refractivity contribution is 5.85. The number of hydrogen-bond donors (Lipinski definition) is 1. The third-order valence-corrected chi connectivity index (χ3v) is 5.36. The molecule has 0 unspecified atom stereocenters. The molecule has 1 aliphatic rings. The molecule has 0 bridgehead atoms. The molecule has 1 fully saturated rings. The van der Waals surface area contributed by atoms with Gasteiger partial charge in [-0.25, -0.2) is 9.50 Å². The number of anilines is 1. The van der Waals surface area contributed by atoms with Crippen molar-refractivity contribution in [2.75, 3.05) is 24.6 Å². The fourth-order valence-corrected chi connectivity index (χ4v) is 3.64. The largest absolute Gasteiger partial charge is 0.489 e. The SMILES string of the molecule is CC[C@H](O)COc1cc(-c2ccc(N3CCCCC3)nc2)c2c(C#N)cnn2c1. The van der Waals surface area contributed by atoms with Gasteiger partial charge in [0.2, 0.25) is 0 Å². The average molecular weight is 391 g/mol. The smallest absolute Gasteiger partial charge is 0.138 e. The van der Waals surface area contributed by atoms with Crippen LogP contribution in [0.5, 0.6) is 5.75 Å². The molecule has 3 aromatic rings. The van der Waals surface area contributed by atoms with Gasteiger partial charge in [-0.3, -0.25) is 0 Å². The summed E-state index contributed by atoms with van der Waals surface area (Å²) in [5, 5.41) is 23.6. The minimum absolute atomic E-state index is 0.208. The Morgan fingerprint density at radius 2 is 2.07 bits per heavy atom. The molecule has 4 heterocycles. The van der Waals surface area contributed by atoms with Gasteiger partial charge in [0.05, 0.1) is 29.6 Å². The first-order valence-corrected chi connectivity index (χ1v) is 10.1. The van der Waals surface area contributed by atoms with Crippen molar-refractivity contribution >= 4 is 11.3 Å². The average Bonchev–Trinajstić information content (AvgIpc) is 3.20. The quantitative estimate of drug-likeness (QED) is 0.693. The van der Waals surface area contributed by atoms with Gasteiger partial charge in [0.25, 0.3) is 0 Å². The molecule has 1 N–H and O–H groups in total. The summed E-state index contributed by atoms with van der Waals surface area (Å²) in [5.41, 5.74) is 2.96. The molecule has 0 amide bonds. The zero-order valence-corrected chi connectivity index (χ0v) is 16.6. The maximum Gasteiger partial charge on any atom is 0.138 e. The number of nitriles is 1. The molecule has 0 aliphatic carbocycles. The number of rotatable bonds is 6. The summed E-state index contributed by atoms with van der Waals surface area (Å²) in [5.74, 6) is 1.57. The van der Waals surface area contributed by atoms with Gasteiger partial charge in [0.15, 0.2) is 0 Å². The predicted octanol–water partition coefficient (Wildman–Crippen LogP) is 3.41. The van der Waals surface area contributed by atoms with Crippen molar-refractivity contribution in [1.82, 2.24) is 14.6 Å². The van der Waals surface area contributed by atoms with Crippen LogP contribution in [-0.4, -0.2) is 45.5 Å². The summed E-state index contributed by atoms with van der Waals surface area (Å²) in [6.45, 7) is 4.20. The van der Waals surface area contributed by atoms with E-state index in [1.165, 1.54) is 19.3 Å². The van der Waals surface area contributed by atoms with Crippen molar-refractivity contribution in [3.8, 4) is 22.9 Å². The number of aliphatic hydroxyl groups excluding tert-OH is 1. The minimum atomic E-state index is -0.521. The molecule has 3 aromatic heterocycles. The summed E-state index contributed by atoms with van der Waals surface area (Å²) in [7, 11) is 0. The van der Waals surface area contributed by atoms with E-state index in [4.69, 9.17) is 4.74 Å². The van der Waals surface area contributed by atoms with Crippen LogP contribution in [0.2, 0.25) is 0 Å². The van der Waals surface area contributed by atoms with Gasteiger partial charge in [0.1, 0.15) is 24.2 Å². The summed E-state index contributed by atoms with van der Waals surface area (Å²) in [6, 6.07) is 8.16. The van der Waals surface area contributed by atoms with E-state index in [-0.39, 0.29) is 6.61 Å².